The van der Waals surface area contributed by atoms with Gasteiger partial charge in [0.25, 0.3) is 11.1 Å². The molecule has 27 heavy (non-hydrogen) atoms. The van der Waals surface area contributed by atoms with Gasteiger partial charge >= 0.3 is 0 Å². The van der Waals surface area contributed by atoms with Crippen LogP contribution in [0.25, 0.3) is 6.08 Å². The highest BCUT2D eigenvalue weighted by atomic mass is 32.2. The highest BCUT2D eigenvalue weighted by Gasteiger charge is 2.34. The molecule has 5 nitrogen and oxygen atoms in total. The summed E-state index contributed by atoms with van der Waals surface area (Å²) in [4.78, 5) is 28.4. The molecule has 1 aliphatic rings. The molecule has 0 atom stereocenters. The number of thioether (sulfide) groups is 1. The molecular formula is C21H22N2O3S. The third-order valence-electron chi connectivity index (χ3n) is 4.19. The molecule has 1 saturated heterocycles. The number of amides is 2. The fraction of sp³-hybridized carbons (Fsp3) is 0.238. The van der Waals surface area contributed by atoms with Crippen molar-refractivity contribution in [3.63, 3.8) is 0 Å². The summed E-state index contributed by atoms with van der Waals surface area (Å²) >= 11 is 0.968. The molecule has 1 fully saturated rings. The van der Waals surface area contributed by atoms with Gasteiger partial charge in [-0.15, -0.1) is 0 Å². The van der Waals surface area contributed by atoms with Crippen LogP contribution in [0.1, 0.15) is 11.1 Å². The van der Waals surface area contributed by atoms with Crippen molar-refractivity contribution in [3.8, 4) is 5.75 Å². The lowest BCUT2D eigenvalue weighted by Crippen LogP contribution is -2.32. The molecular weight excluding hydrogens is 360 g/mol. The fourth-order valence-electron chi connectivity index (χ4n) is 2.60. The van der Waals surface area contributed by atoms with Gasteiger partial charge in [-0.25, -0.2) is 0 Å². The van der Waals surface area contributed by atoms with Crippen molar-refractivity contribution >= 4 is 34.7 Å². The van der Waals surface area contributed by atoms with Crippen LogP contribution in [0.5, 0.6) is 5.75 Å². The minimum atomic E-state index is -0.269. The first-order valence-corrected chi connectivity index (χ1v) is 9.48. The average Bonchev–Trinajstić information content (AvgIpc) is 2.91. The molecule has 1 heterocycles. The van der Waals surface area contributed by atoms with Crippen LogP contribution in [0.3, 0.4) is 0 Å². The molecule has 1 aliphatic heterocycles. The zero-order valence-corrected chi connectivity index (χ0v) is 16.5. The van der Waals surface area contributed by atoms with Crippen LogP contribution in [-0.2, 0) is 4.79 Å². The predicted octanol–water partition coefficient (Wildman–Crippen LogP) is 4.18. The van der Waals surface area contributed by atoms with Gasteiger partial charge in [0.2, 0.25) is 0 Å². The zero-order valence-electron chi connectivity index (χ0n) is 15.6. The van der Waals surface area contributed by atoms with Gasteiger partial charge in [-0.3, -0.25) is 14.5 Å². The van der Waals surface area contributed by atoms with E-state index >= 15 is 0 Å². The van der Waals surface area contributed by atoms with Gasteiger partial charge in [0.1, 0.15) is 12.4 Å². The van der Waals surface area contributed by atoms with Gasteiger partial charge in [0.15, 0.2) is 0 Å². The lowest BCUT2D eigenvalue weighted by atomic mass is 10.2. The zero-order chi connectivity index (χ0) is 19.4. The third kappa shape index (κ3) is 4.71. The maximum absolute atomic E-state index is 12.5. The third-order valence-corrected chi connectivity index (χ3v) is 5.09. The fourth-order valence-corrected chi connectivity index (χ4v) is 3.47. The summed E-state index contributed by atoms with van der Waals surface area (Å²) in [6.07, 6.45) is 1.76. The Kier molecular flexibility index (Phi) is 5.86. The lowest BCUT2D eigenvalue weighted by Gasteiger charge is -2.13. The van der Waals surface area contributed by atoms with Gasteiger partial charge in [0, 0.05) is 19.8 Å². The van der Waals surface area contributed by atoms with Crippen molar-refractivity contribution in [3.05, 3.63) is 64.6 Å². The summed E-state index contributed by atoms with van der Waals surface area (Å²) in [5.41, 5.74) is 3.12. The normalized spacial score (nSPS) is 15.5. The Hall–Kier alpha value is -2.73. The molecule has 0 aliphatic carbocycles. The monoisotopic (exact) mass is 382 g/mol. The number of hydrogen-bond acceptors (Lipinski definition) is 5. The molecule has 0 aromatic heterocycles. The largest absolute Gasteiger partial charge is 0.492 e. The standard InChI is InChI=1S/C21H22N2O3S/c1-15-4-10-18(11-5-15)26-13-12-23-20(24)19(27-21(23)25)14-16-6-8-17(9-7-16)22(2)3/h4-11,14H,12-13H2,1-3H3/b19-14+. The van der Waals surface area contributed by atoms with Crippen LogP contribution >= 0.6 is 11.8 Å². The molecule has 3 rings (SSSR count). The summed E-state index contributed by atoms with van der Waals surface area (Å²) in [6, 6.07) is 15.5. The molecule has 0 radical (unpaired) electrons. The molecule has 0 spiro atoms. The predicted molar refractivity (Wildman–Crippen MR) is 110 cm³/mol. The van der Waals surface area contributed by atoms with Crippen LogP contribution in [0.2, 0.25) is 0 Å². The van der Waals surface area contributed by atoms with E-state index in [2.05, 4.69) is 0 Å². The summed E-state index contributed by atoms with van der Waals surface area (Å²) in [5.74, 6) is 0.457. The molecule has 2 aromatic carbocycles. The lowest BCUT2D eigenvalue weighted by molar-refractivity contribution is -0.123. The number of nitrogens with zero attached hydrogens (tertiary/aromatic N) is 2. The Morgan fingerprint density at radius 1 is 1.04 bits per heavy atom. The van der Waals surface area contributed by atoms with Crippen molar-refractivity contribution in [2.45, 2.75) is 6.92 Å². The summed E-state index contributed by atoms with van der Waals surface area (Å²) in [7, 11) is 3.94. The van der Waals surface area contributed by atoms with Gasteiger partial charge in [0.05, 0.1) is 11.4 Å². The summed E-state index contributed by atoms with van der Waals surface area (Å²) in [5, 5.41) is -0.260. The van der Waals surface area contributed by atoms with Crippen LogP contribution in [0, 0.1) is 6.92 Å². The molecule has 0 bridgehead atoms. The van der Waals surface area contributed by atoms with E-state index in [9.17, 15) is 9.59 Å². The Morgan fingerprint density at radius 2 is 1.70 bits per heavy atom. The quantitative estimate of drug-likeness (QED) is 0.702. The highest BCUT2D eigenvalue weighted by molar-refractivity contribution is 8.18. The van der Waals surface area contributed by atoms with Gasteiger partial charge in [-0.05, 0) is 54.6 Å². The number of aryl methyl sites for hydroxylation is 1. The Balaban J connectivity index is 1.61. The molecule has 0 N–H and O–H groups in total. The van der Waals surface area contributed by atoms with E-state index in [0.717, 1.165) is 34.3 Å². The van der Waals surface area contributed by atoms with E-state index in [1.807, 2.05) is 74.4 Å². The van der Waals surface area contributed by atoms with E-state index in [1.54, 1.807) is 6.08 Å². The number of carbonyl (C=O) groups is 2. The summed E-state index contributed by atoms with van der Waals surface area (Å²) in [6.45, 7) is 2.51. The first-order valence-electron chi connectivity index (χ1n) is 8.66. The van der Waals surface area contributed by atoms with E-state index in [1.165, 1.54) is 4.90 Å². The SMILES string of the molecule is Cc1ccc(OCCN2C(=O)S/C(=C/c3ccc(N(C)C)cc3)C2=O)cc1. The van der Waals surface area contributed by atoms with E-state index in [0.29, 0.717) is 4.91 Å². The Bertz CT molecular complexity index is 858. The van der Waals surface area contributed by atoms with Crippen LogP contribution < -0.4 is 9.64 Å². The van der Waals surface area contributed by atoms with Crippen molar-refractivity contribution in [1.29, 1.82) is 0 Å². The van der Waals surface area contributed by atoms with Crippen molar-refractivity contribution in [2.24, 2.45) is 0 Å². The van der Waals surface area contributed by atoms with Crippen molar-refractivity contribution < 1.29 is 14.3 Å². The molecule has 0 unspecified atom stereocenters. The number of rotatable bonds is 6. The number of anilines is 1. The number of carbonyl (C=O) groups excluding carboxylic acids is 2. The van der Waals surface area contributed by atoms with Crippen LogP contribution in [0.4, 0.5) is 10.5 Å². The maximum Gasteiger partial charge on any atom is 0.293 e. The van der Waals surface area contributed by atoms with Gasteiger partial charge in [-0.1, -0.05) is 29.8 Å². The van der Waals surface area contributed by atoms with E-state index in [-0.39, 0.29) is 24.3 Å². The van der Waals surface area contributed by atoms with Crippen LogP contribution in [0.15, 0.2) is 53.4 Å². The van der Waals surface area contributed by atoms with E-state index in [4.69, 9.17) is 4.74 Å². The Morgan fingerprint density at radius 3 is 2.33 bits per heavy atom. The molecule has 6 heteroatoms. The smallest absolute Gasteiger partial charge is 0.293 e. The minimum Gasteiger partial charge on any atom is -0.492 e. The second-order valence-corrected chi connectivity index (χ2v) is 7.47. The summed E-state index contributed by atoms with van der Waals surface area (Å²) < 4.78 is 5.63. The number of hydrogen-bond donors (Lipinski definition) is 0. The van der Waals surface area contributed by atoms with Gasteiger partial charge < -0.3 is 9.64 Å². The molecule has 0 saturated carbocycles. The second-order valence-electron chi connectivity index (χ2n) is 6.48. The number of benzene rings is 2. The Labute approximate surface area is 163 Å². The molecule has 2 amide bonds. The van der Waals surface area contributed by atoms with Crippen molar-refractivity contribution in [1.82, 2.24) is 4.90 Å². The molecule has 2 aromatic rings. The maximum atomic E-state index is 12.5. The number of imide groups is 1. The van der Waals surface area contributed by atoms with E-state index < -0.39 is 0 Å². The molecule has 140 valence electrons. The van der Waals surface area contributed by atoms with Crippen LogP contribution in [-0.4, -0.2) is 43.3 Å². The van der Waals surface area contributed by atoms with Crippen molar-refractivity contribution in [2.75, 3.05) is 32.1 Å². The first-order chi connectivity index (χ1) is 12.9. The topological polar surface area (TPSA) is 49.9 Å². The average molecular weight is 382 g/mol. The number of ether oxygens (including phenoxy) is 1. The second kappa shape index (κ2) is 8.31. The minimum absolute atomic E-state index is 0.232. The first kappa shape index (κ1) is 19.0. The van der Waals surface area contributed by atoms with Gasteiger partial charge in [-0.2, -0.15) is 0 Å². The highest BCUT2D eigenvalue weighted by Crippen LogP contribution is 2.32.